The lowest BCUT2D eigenvalue weighted by molar-refractivity contribution is 0.134. The van der Waals surface area contributed by atoms with Gasteiger partial charge in [0.2, 0.25) is 0 Å². The van der Waals surface area contributed by atoms with E-state index in [4.69, 9.17) is 5.73 Å². The van der Waals surface area contributed by atoms with Gasteiger partial charge in [-0.1, -0.05) is 13.3 Å². The van der Waals surface area contributed by atoms with Crippen LogP contribution in [0, 0.1) is 17.5 Å². The van der Waals surface area contributed by atoms with Crippen molar-refractivity contribution in [3.63, 3.8) is 0 Å². The van der Waals surface area contributed by atoms with Gasteiger partial charge in [0.25, 0.3) is 0 Å². The third kappa shape index (κ3) is 2.74. The second-order valence-corrected chi connectivity index (χ2v) is 3.68. The molecule has 16 heavy (non-hydrogen) atoms. The van der Waals surface area contributed by atoms with Crippen LogP contribution in [0.2, 0.25) is 0 Å². The van der Waals surface area contributed by atoms with Crippen LogP contribution < -0.4 is 5.73 Å². The number of rotatable bonds is 4. The molecular formula is C11H14F3NO. The molecule has 1 aromatic carbocycles. The van der Waals surface area contributed by atoms with Crippen LogP contribution in [-0.4, -0.2) is 11.2 Å². The highest BCUT2D eigenvalue weighted by Crippen LogP contribution is 2.21. The second-order valence-electron chi connectivity index (χ2n) is 3.68. The van der Waals surface area contributed by atoms with Gasteiger partial charge in [0.15, 0.2) is 17.5 Å². The van der Waals surface area contributed by atoms with Crippen LogP contribution in [0.5, 0.6) is 0 Å². The number of hydrogen-bond acceptors (Lipinski definition) is 2. The molecule has 0 amide bonds. The molecule has 5 heteroatoms. The van der Waals surface area contributed by atoms with Gasteiger partial charge in [0, 0.05) is 0 Å². The maximum Gasteiger partial charge on any atom is 0.194 e. The van der Waals surface area contributed by atoms with Crippen molar-refractivity contribution >= 4 is 0 Å². The Labute approximate surface area is 91.9 Å². The fourth-order valence-corrected chi connectivity index (χ4v) is 1.47. The molecule has 0 saturated carbocycles. The first-order valence-corrected chi connectivity index (χ1v) is 5.05. The Balaban J connectivity index is 2.96. The molecule has 0 aliphatic rings. The van der Waals surface area contributed by atoms with Crippen molar-refractivity contribution in [3.8, 4) is 0 Å². The Bertz CT molecular complexity index is 347. The van der Waals surface area contributed by atoms with E-state index in [9.17, 15) is 18.3 Å². The molecule has 0 radical (unpaired) electrons. The SMILES string of the molecule is CCC[C@@H](O)[C@@H](N)c1cc(F)c(F)c(F)c1. The maximum absolute atomic E-state index is 12.9. The van der Waals surface area contributed by atoms with Crippen molar-refractivity contribution in [3.05, 3.63) is 35.1 Å². The molecule has 0 unspecified atom stereocenters. The maximum atomic E-state index is 12.9. The third-order valence-corrected chi connectivity index (χ3v) is 2.39. The van der Waals surface area contributed by atoms with Crippen LogP contribution >= 0.6 is 0 Å². The van der Waals surface area contributed by atoms with Crippen LogP contribution in [0.25, 0.3) is 0 Å². The zero-order valence-electron chi connectivity index (χ0n) is 8.88. The average molecular weight is 233 g/mol. The van der Waals surface area contributed by atoms with Gasteiger partial charge in [0.1, 0.15) is 0 Å². The summed E-state index contributed by atoms with van der Waals surface area (Å²) >= 11 is 0. The minimum Gasteiger partial charge on any atom is -0.391 e. The summed E-state index contributed by atoms with van der Waals surface area (Å²) in [5.41, 5.74) is 5.66. The highest BCUT2D eigenvalue weighted by Gasteiger charge is 2.19. The molecule has 1 rings (SSSR count). The van der Waals surface area contributed by atoms with E-state index in [-0.39, 0.29) is 5.56 Å². The van der Waals surface area contributed by atoms with Gasteiger partial charge >= 0.3 is 0 Å². The largest absolute Gasteiger partial charge is 0.391 e. The van der Waals surface area contributed by atoms with Gasteiger partial charge in [-0.3, -0.25) is 0 Å². The van der Waals surface area contributed by atoms with Gasteiger partial charge in [-0.25, -0.2) is 13.2 Å². The van der Waals surface area contributed by atoms with Gasteiger partial charge in [0.05, 0.1) is 12.1 Å². The summed E-state index contributed by atoms with van der Waals surface area (Å²) in [5, 5.41) is 9.56. The topological polar surface area (TPSA) is 46.2 Å². The highest BCUT2D eigenvalue weighted by atomic mass is 19.2. The average Bonchev–Trinajstić information content (AvgIpc) is 2.24. The second kappa shape index (κ2) is 5.32. The first-order chi connectivity index (χ1) is 7.47. The molecule has 0 aromatic heterocycles. The van der Waals surface area contributed by atoms with Crippen molar-refractivity contribution < 1.29 is 18.3 Å². The van der Waals surface area contributed by atoms with Crippen molar-refractivity contribution in [1.29, 1.82) is 0 Å². The zero-order valence-corrected chi connectivity index (χ0v) is 8.88. The Hall–Kier alpha value is -1.07. The lowest BCUT2D eigenvalue weighted by Crippen LogP contribution is -2.26. The fraction of sp³-hybridized carbons (Fsp3) is 0.455. The molecule has 2 atom stereocenters. The zero-order chi connectivity index (χ0) is 12.3. The minimum atomic E-state index is -1.53. The van der Waals surface area contributed by atoms with Gasteiger partial charge in [-0.2, -0.15) is 0 Å². The molecule has 0 aliphatic heterocycles. The van der Waals surface area contributed by atoms with Crippen LogP contribution in [0.3, 0.4) is 0 Å². The smallest absolute Gasteiger partial charge is 0.194 e. The molecule has 0 spiro atoms. The van der Waals surface area contributed by atoms with Crippen molar-refractivity contribution in [2.45, 2.75) is 31.9 Å². The van der Waals surface area contributed by atoms with Crippen LogP contribution in [0.4, 0.5) is 13.2 Å². The Morgan fingerprint density at radius 2 is 1.75 bits per heavy atom. The monoisotopic (exact) mass is 233 g/mol. The Morgan fingerprint density at radius 3 is 2.19 bits per heavy atom. The molecule has 2 nitrogen and oxygen atoms in total. The molecule has 0 saturated heterocycles. The summed E-state index contributed by atoms with van der Waals surface area (Å²) in [5.74, 6) is -4.12. The fourth-order valence-electron chi connectivity index (χ4n) is 1.47. The number of benzene rings is 1. The summed E-state index contributed by atoms with van der Waals surface area (Å²) in [6, 6.07) is 0.703. The number of aliphatic hydroxyl groups excluding tert-OH is 1. The third-order valence-electron chi connectivity index (χ3n) is 2.39. The van der Waals surface area contributed by atoms with E-state index in [1.165, 1.54) is 0 Å². The van der Waals surface area contributed by atoms with E-state index >= 15 is 0 Å². The van der Waals surface area contributed by atoms with E-state index in [0.717, 1.165) is 12.1 Å². The quantitative estimate of drug-likeness (QED) is 0.783. The summed E-state index contributed by atoms with van der Waals surface area (Å²) in [6.07, 6.45) is 0.220. The summed E-state index contributed by atoms with van der Waals surface area (Å²) in [7, 11) is 0. The Morgan fingerprint density at radius 1 is 1.25 bits per heavy atom. The lowest BCUT2D eigenvalue weighted by atomic mass is 9.99. The lowest BCUT2D eigenvalue weighted by Gasteiger charge is -2.18. The molecule has 0 heterocycles. The van der Waals surface area contributed by atoms with Gasteiger partial charge in [-0.05, 0) is 24.1 Å². The predicted octanol–water partition coefficient (Wildman–Crippen LogP) is 2.26. The van der Waals surface area contributed by atoms with Crippen molar-refractivity contribution in [2.24, 2.45) is 5.73 Å². The molecule has 0 aliphatic carbocycles. The highest BCUT2D eigenvalue weighted by molar-refractivity contribution is 5.23. The first-order valence-electron chi connectivity index (χ1n) is 5.05. The van der Waals surface area contributed by atoms with E-state index in [2.05, 4.69) is 0 Å². The summed E-state index contributed by atoms with van der Waals surface area (Å²) < 4.78 is 38.5. The summed E-state index contributed by atoms with van der Waals surface area (Å²) in [6.45, 7) is 1.85. The van der Waals surface area contributed by atoms with E-state index in [1.54, 1.807) is 0 Å². The van der Waals surface area contributed by atoms with Crippen LogP contribution in [-0.2, 0) is 0 Å². The minimum absolute atomic E-state index is 0.0531. The van der Waals surface area contributed by atoms with Gasteiger partial charge < -0.3 is 10.8 Å². The first kappa shape index (κ1) is 13.0. The van der Waals surface area contributed by atoms with Crippen LogP contribution in [0.15, 0.2) is 12.1 Å². The Kier molecular flexibility index (Phi) is 4.32. The molecule has 90 valence electrons. The molecule has 3 N–H and O–H groups in total. The van der Waals surface area contributed by atoms with Crippen molar-refractivity contribution in [1.82, 2.24) is 0 Å². The number of hydrogen-bond donors (Lipinski definition) is 2. The standard InChI is InChI=1S/C11H14F3NO/c1-2-3-9(16)11(15)6-4-7(12)10(14)8(13)5-6/h4-5,9,11,16H,2-3,15H2,1H3/t9-,11+/m1/s1. The van der Waals surface area contributed by atoms with Crippen LogP contribution in [0.1, 0.15) is 31.4 Å². The van der Waals surface area contributed by atoms with E-state index < -0.39 is 29.6 Å². The van der Waals surface area contributed by atoms with Gasteiger partial charge in [-0.15, -0.1) is 0 Å². The molecular weight excluding hydrogens is 219 g/mol. The number of aliphatic hydroxyl groups is 1. The van der Waals surface area contributed by atoms with E-state index in [0.29, 0.717) is 12.8 Å². The number of halogens is 3. The van der Waals surface area contributed by atoms with Crippen molar-refractivity contribution in [2.75, 3.05) is 0 Å². The van der Waals surface area contributed by atoms with E-state index in [1.807, 2.05) is 6.92 Å². The molecule has 0 fully saturated rings. The predicted molar refractivity (Wildman–Crippen MR) is 54.2 cm³/mol. The number of nitrogens with two attached hydrogens (primary N) is 1. The molecule has 0 bridgehead atoms. The summed E-state index contributed by atoms with van der Waals surface area (Å²) in [4.78, 5) is 0. The normalized spacial score (nSPS) is 14.9. The molecule has 1 aromatic rings.